The maximum Gasteiger partial charge on any atom is 0.187 e. The van der Waals surface area contributed by atoms with Crippen molar-refractivity contribution < 1.29 is 139 Å². The van der Waals surface area contributed by atoms with Crippen LogP contribution in [-0.4, -0.2) is 292 Å². The maximum absolute atomic E-state index is 12.1. The van der Waals surface area contributed by atoms with Crippen molar-refractivity contribution >= 4 is 0 Å². The molecule has 10 fully saturated rings. The van der Waals surface area contributed by atoms with E-state index in [0.717, 1.165) is 38.5 Å². The number of hydrogen-bond donors (Lipinski definition) is 17. The first-order valence-electron chi connectivity index (χ1n) is 30.3. The van der Waals surface area contributed by atoms with Crippen LogP contribution < -0.4 is 0 Å². The number of aliphatic hydroxyl groups excluding tert-OH is 16. The smallest absolute Gasteiger partial charge is 0.187 e. The van der Waals surface area contributed by atoms with Gasteiger partial charge in [-0.1, -0.05) is 27.7 Å². The molecule has 36 atom stereocenters. The number of hydrogen-bond acceptors (Lipinski definition) is 28. The fourth-order valence-corrected chi connectivity index (χ4v) is 16.8. The Balaban J connectivity index is 0.759. The summed E-state index contributed by atoms with van der Waals surface area (Å²) in [5.74, 6) is 0.0903. The topological polar surface area (TPSA) is 445 Å². The SMILES string of the molecule is C[C@@H](CC[C@]1(O)O[C@H]2C[C@@H]3[C@@H]4CC[C@H]5C[C@@H](O[C@@H]6O[C@H](CO)[C@H](O[C@@H]7O[C@H](CO)[C@@H](O)[C@H](O[C@@H]8OC[C@@H](O)[C@H](O)[C@H]8O)[C@H]7O[C@@H]7O[C@H](CO)[C@@H](O)[C@H](O)[C@H]7O)[C@H](O)[C@H]6O)CC[C@]5(C)[C@H]4CC[C@]3(C)[C@H]2[C@@H]1C)CO[C@@H]1O[C@H](CO)[C@@H](O)[C@H](O)[C@H]1O. The van der Waals surface area contributed by atoms with Crippen molar-refractivity contribution in [2.45, 2.75) is 257 Å². The van der Waals surface area contributed by atoms with Gasteiger partial charge in [-0.3, -0.25) is 0 Å². The van der Waals surface area contributed by atoms with Gasteiger partial charge in [-0.2, -0.15) is 0 Å². The third-order valence-corrected chi connectivity index (χ3v) is 21.8. The van der Waals surface area contributed by atoms with Crippen LogP contribution in [0.4, 0.5) is 0 Å². The first-order valence-corrected chi connectivity index (χ1v) is 30.3. The van der Waals surface area contributed by atoms with E-state index in [9.17, 15) is 86.8 Å². The summed E-state index contributed by atoms with van der Waals surface area (Å²) in [6.07, 6.45) is -33.1. The molecule has 0 spiro atoms. The minimum Gasteiger partial charge on any atom is -0.394 e. The predicted molar refractivity (Wildman–Crippen MR) is 278 cm³/mol. The Labute approximate surface area is 487 Å². The van der Waals surface area contributed by atoms with Crippen molar-refractivity contribution in [3.05, 3.63) is 0 Å². The summed E-state index contributed by atoms with van der Waals surface area (Å²) in [5.41, 5.74) is -0.0852. The molecule has 0 radical (unpaired) electrons. The van der Waals surface area contributed by atoms with Crippen LogP contribution in [0.2, 0.25) is 0 Å². The highest BCUT2D eigenvalue weighted by atomic mass is 16.8. The van der Waals surface area contributed by atoms with Gasteiger partial charge < -0.3 is 139 Å². The fourth-order valence-electron chi connectivity index (χ4n) is 16.8. The van der Waals surface area contributed by atoms with E-state index in [-0.39, 0.29) is 47.2 Å². The summed E-state index contributed by atoms with van der Waals surface area (Å²) in [5, 5.41) is 182. The highest BCUT2D eigenvalue weighted by Crippen LogP contribution is 2.71. The normalized spacial score (nSPS) is 55.4. The number of ether oxygens (including phenoxy) is 11. The maximum atomic E-state index is 12.1. The van der Waals surface area contributed by atoms with E-state index < -0.39 is 192 Å². The molecule has 486 valence electrons. The van der Waals surface area contributed by atoms with Crippen LogP contribution in [0.1, 0.15) is 91.9 Å². The second-order valence-corrected chi connectivity index (χ2v) is 26.6. The van der Waals surface area contributed by atoms with Gasteiger partial charge in [0.15, 0.2) is 37.2 Å². The first-order chi connectivity index (χ1) is 39.8. The minimum atomic E-state index is -2.02. The van der Waals surface area contributed by atoms with Gasteiger partial charge in [0.25, 0.3) is 0 Å². The molecule has 10 rings (SSSR count). The van der Waals surface area contributed by atoms with Crippen molar-refractivity contribution in [1.82, 2.24) is 0 Å². The molecule has 0 unspecified atom stereocenters. The molecular weight excluding hydrogens is 1120 g/mol. The predicted octanol–water partition coefficient (Wildman–Crippen LogP) is -5.49. The quantitative estimate of drug-likeness (QED) is 0.0569. The summed E-state index contributed by atoms with van der Waals surface area (Å²) >= 11 is 0. The van der Waals surface area contributed by atoms with E-state index in [1.807, 2.05) is 6.92 Å². The summed E-state index contributed by atoms with van der Waals surface area (Å²) in [6, 6.07) is 0. The molecule has 28 heteroatoms. The van der Waals surface area contributed by atoms with Gasteiger partial charge in [0, 0.05) is 12.3 Å². The molecule has 0 amide bonds. The van der Waals surface area contributed by atoms with Crippen molar-refractivity contribution in [2.24, 2.45) is 52.3 Å². The molecule has 10 aliphatic rings. The minimum absolute atomic E-state index is 0.0288. The molecule has 4 aliphatic carbocycles. The number of rotatable bonds is 18. The summed E-state index contributed by atoms with van der Waals surface area (Å²) < 4.78 is 65.9. The zero-order chi connectivity index (χ0) is 60.6. The fraction of sp³-hybridized carbons (Fsp3) is 1.00. The Hall–Kier alpha value is -1.12. The largest absolute Gasteiger partial charge is 0.394 e. The summed E-state index contributed by atoms with van der Waals surface area (Å²) in [4.78, 5) is 0. The standard InChI is InChI=1S/C56H94O28/c1-21(19-74-49-43(70)39(66)36(63)30(15-57)77-49)7-12-56(73)22(2)34-29(84-56)14-27-25-6-5-23-13-24(8-10-54(23,3)26(25)9-11-55(27,34)4)76-51-45(72)41(68)46(33(18-60)80-51)81-53-48(83-52-44(71)40(67)37(64)31(16-58)78-52)47(38(65)32(17-59)79-53)82-50-42(69)35(62)28(61)20-75-50/h21-53,57-73H,5-20H2,1-4H3/t21-,22-,23-,24-,25+,26-,27+,28+,29-,30+,31+,32+,33+,34-,35-,36+,37+,38+,39-,40-,41+,42+,43+,44+,45+,46-,47-,48+,49+,50-,51+,52-,53-,54-,55-,56-/m0/s1. The molecule has 6 aliphatic heterocycles. The Kier molecular flexibility index (Phi) is 20.6. The average Bonchev–Trinajstić information content (AvgIpc) is 2.08. The van der Waals surface area contributed by atoms with Gasteiger partial charge >= 0.3 is 0 Å². The molecule has 0 aromatic carbocycles. The van der Waals surface area contributed by atoms with Crippen LogP contribution in [0.15, 0.2) is 0 Å². The van der Waals surface area contributed by atoms with Gasteiger partial charge in [-0.25, -0.2) is 0 Å². The van der Waals surface area contributed by atoms with E-state index in [2.05, 4.69) is 20.8 Å². The van der Waals surface area contributed by atoms with Crippen molar-refractivity contribution in [3.63, 3.8) is 0 Å². The highest BCUT2D eigenvalue weighted by Gasteiger charge is 2.69. The van der Waals surface area contributed by atoms with Crippen molar-refractivity contribution in [2.75, 3.05) is 39.6 Å². The van der Waals surface area contributed by atoms with Crippen LogP contribution in [0.3, 0.4) is 0 Å². The molecule has 6 saturated heterocycles. The Morgan fingerprint density at radius 3 is 1.73 bits per heavy atom. The average molecular weight is 1220 g/mol. The zero-order valence-electron chi connectivity index (χ0n) is 48.0. The Morgan fingerprint density at radius 2 is 1.06 bits per heavy atom. The van der Waals surface area contributed by atoms with E-state index in [1.54, 1.807) is 0 Å². The molecule has 0 aromatic heterocycles. The monoisotopic (exact) mass is 1210 g/mol. The van der Waals surface area contributed by atoms with E-state index in [0.29, 0.717) is 43.4 Å². The van der Waals surface area contributed by atoms with Gasteiger partial charge in [-0.15, -0.1) is 0 Å². The van der Waals surface area contributed by atoms with Crippen molar-refractivity contribution in [1.29, 1.82) is 0 Å². The Bertz CT molecular complexity index is 2140. The van der Waals surface area contributed by atoms with Gasteiger partial charge in [0.2, 0.25) is 0 Å². The van der Waals surface area contributed by atoms with E-state index in [4.69, 9.17) is 52.1 Å². The van der Waals surface area contributed by atoms with E-state index >= 15 is 0 Å². The third-order valence-electron chi connectivity index (χ3n) is 21.8. The van der Waals surface area contributed by atoms with Crippen LogP contribution in [0.25, 0.3) is 0 Å². The second kappa shape index (κ2) is 26.2. The van der Waals surface area contributed by atoms with Gasteiger partial charge in [0.1, 0.15) is 116 Å². The van der Waals surface area contributed by atoms with Crippen LogP contribution >= 0.6 is 0 Å². The summed E-state index contributed by atoms with van der Waals surface area (Å²) in [7, 11) is 0. The molecule has 84 heavy (non-hydrogen) atoms. The zero-order valence-corrected chi connectivity index (χ0v) is 48.0. The number of aliphatic hydroxyl groups is 17. The molecule has 4 saturated carbocycles. The van der Waals surface area contributed by atoms with Crippen LogP contribution in [0.5, 0.6) is 0 Å². The molecule has 17 N–H and O–H groups in total. The first kappa shape index (κ1) is 65.8. The van der Waals surface area contributed by atoms with Gasteiger partial charge in [0.05, 0.1) is 51.8 Å². The van der Waals surface area contributed by atoms with Crippen molar-refractivity contribution in [3.8, 4) is 0 Å². The molecular formula is C56H94O28. The lowest BCUT2D eigenvalue weighted by molar-refractivity contribution is -0.404. The van der Waals surface area contributed by atoms with Gasteiger partial charge in [-0.05, 0) is 104 Å². The molecule has 0 aromatic rings. The van der Waals surface area contributed by atoms with Crippen LogP contribution in [-0.2, 0) is 52.1 Å². The lowest BCUT2D eigenvalue weighted by atomic mass is 9.44. The Morgan fingerprint density at radius 1 is 0.512 bits per heavy atom. The lowest BCUT2D eigenvalue weighted by Crippen LogP contribution is -2.68. The van der Waals surface area contributed by atoms with Crippen LogP contribution in [0, 0.1) is 52.3 Å². The number of fused-ring (bicyclic) bond motifs is 7. The summed E-state index contributed by atoms with van der Waals surface area (Å²) in [6.45, 7) is 5.31. The lowest BCUT2D eigenvalue weighted by Gasteiger charge is -2.61. The molecule has 0 bridgehead atoms. The highest BCUT2D eigenvalue weighted by molar-refractivity contribution is 5.15. The second-order valence-electron chi connectivity index (χ2n) is 26.6. The molecule has 28 nitrogen and oxygen atoms in total. The molecule has 6 heterocycles. The third kappa shape index (κ3) is 12.1. The van der Waals surface area contributed by atoms with E-state index in [1.165, 1.54) is 0 Å².